The van der Waals surface area contributed by atoms with Crippen LogP contribution >= 0.6 is 0 Å². The summed E-state index contributed by atoms with van der Waals surface area (Å²) in [5.74, 6) is 2.21. The lowest BCUT2D eigenvalue weighted by Gasteiger charge is -2.35. The normalized spacial score (nSPS) is 18.6. The van der Waals surface area contributed by atoms with E-state index in [0.29, 0.717) is 29.1 Å². The van der Waals surface area contributed by atoms with Gasteiger partial charge in [0.1, 0.15) is 11.5 Å². The number of carbonyl (C=O) groups is 1. The average Bonchev–Trinajstić information content (AvgIpc) is 3.47. The van der Waals surface area contributed by atoms with Crippen molar-refractivity contribution in [3.05, 3.63) is 82.9 Å². The van der Waals surface area contributed by atoms with Gasteiger partial charge in [0.05, 0.1) is 16.8 Å². The maximum atomic E-state index is 12.9. The summed E-state index contributed by atoms with van der Waals surface area (Å²) in [6.07, 6.45) is 3.31. The van der Waals surface area contributed by atoms with Gasteiger partial charge in [-0.1, -0.05) is 12.1 Å². The summed E-state index contributed by atoms with van der Waals surface area (Å²) < 4.78 is 16.9. The number of benzene rings is 2. The molecule has 3 aliphatic heterocycles. The van der Waals surface area contributed by atoms with Crippen molar-refractivity contribution in [2.75, 3.05) is 33.0 Å². The summed E-state index contributed by atoms with van der Waals surface area (Å²) in [6.45, 7) is 5.12. The molecule has 0 unspecified atom stereocenters. The number of Topliss-reactive ketones (excluding diaryl/α,β-unsaturated/α-hetero) is 1. The van der Waals surface area contributed by atoms with E-state index in [2.05, 4.69) is 20.9 Å². The van der Waals surface area contributed by atoms with Crippen LogP contribution in [0.15, 0.2) is 60.5 Å². The van der Waals surface area contributed by atoms with Crippen LogP contribution in [0.4, 0.5) is 0 Å². The van der Waals surface area contributed by atoms with Crippen molar-refractivity contribution in [3.63, 3.8) is 0 Å². The molecule has 0 aliphatic carbocycles. The van der Waals surface area contributed by atoms with Gasteiger partial charge < -0.3 is 19.3 Å². The second kappa shape index (κ2) is 9.05. The van der Waals surface area contributed by atoms with E-state index >= 15 is 0 Å². The number of ether oxygens (including phenoxy) is 3. The lowest BCUT2D eigenvalue weighted by molar-refractivity contribution is 0.101. The second-order valence-electron chi connectivity index (χ2n) is 8.87. The zero-order valence-corrected chi connectivity index (χ0v) is 19.1. The molecule has 0 spiro atoms. The summed E-state index contributed by atoms with van der Waals surface area (Å²) in [4.78, 5) is 21.8. The summed E-state index contributed by atoms with van der Waals surface area (Å²) in [5.41, 5.74) is 2.96. The Morgan fingerprint density at radius 1 is 0.943 bits per heavy atom. The molecule has 0 amide bonds. The van der Waals surface area contributed by atoms with Crippen molar-refractivity contribution in [1.82, 2.24) is 14.8 Å². The molecule has 4 heterocycles. The molecule has 0 atom stereocenters. The van der Waals surface area contributed by atoms with Crippen molar-refractivity contribution in [3.8, 4) is 23.0 Å². The standard InChI is InChI=1S/C27H25N3O5/c31-22-6-5-20-26(32)25(14-19-3-1-2-8-28-19)35-27(20)21(22)16-30-11-9-29(10-12-30)15-18-4-7-23-24(13-18)34-17-33-23/h1-8,13-14,31H,9-12,15-17H2/b25-14-. The number of aromatic hydroxyl groups is 1. The topological polar surface area (TPSA) is 84.4 Å². The first kappa shape index (κ1) is 21.6. The maximum absolute atomic E-state index is 12.9. The highest BCUT2D eigenvalue weighted by molar-refractivity contribution is 6.14. The fraction of sp³-hybridized carbons (Fsp3) is 0.259. The van der Waals surface area contributed by atoms with Crippen LogP contribution < -0.4 is 14.2 Å². The van der Waals surface area contributed by atoms with E-state index in [1.54, 1.807) is 24.4 Å². The van der Waals surface area contributed by atoms with Crippen LogP contribution in [0.25, 0.3) is 6.08 Å². The van der Waals surface area contributed by atoms with Gasteiger partial charge in [0, 0.05) is 51.5 Å². The number of phenolic OH excluding ortho intramolecular Hbond substituents is 1. The predicted octanol–water partition coefficient (Wildman–Crippen LogP) is 3.45. The number of hydrogen-bond acceptors (Lipinski definition) is 8. The second-order valence-corrected chi connectivity index (χ2v) is 8.87. The third kappa shape index (κ3) is 4.34. The van der Waals surface area contributed by atoms with E-state index in [-0.39, 0.29) is 24.1 Å². The van der Waals surface area contributed by atoms with Crippen LogP contribution in [0.3, 0.4) is 0 Å². The number of aromatic nitrogens is 1. The molecule has 1 fully saturated rings. The molecule has 0 radical (unpaired) electrons. The number of nitrogens with zero attached hydrogens (tertiary/aromatic N) is 3. The number of piperazine rings is 1. The van der Waals surface area contributed by atoms with Crippen molar-refractivity contribution in [1.29, 1.82) is 0 Å². The Kier molecular flexibility index (Phi) is 5.60. The number of pyridine rings is 1. The summed E-state index contributed by atoms with van der Waals surface area (Å²) in [7, 11) is 0. The molecule has 3 aromatic rings. The molecule has 0 saturated carbocycles. The number of fused-ring (bicyclic) bond motifs is 2. The van der Waals surface area contributed by atoms with Gasteiger partial charge in [0.15, 0.2) is 17.3 Å². The molecule has 35 heavy (non-hydrogen) atoms. The van der Waals surface area contributed by atoms with E-state index in [1.165, 1.54) is 5.56 Å². The molecule has 178 valence electrons. The molecule has 6 rings (SSSR count). The van der Waals surface area contributed by atoms with Crippen molar-refractivity contribution >= 4 is 11.9 Å². The quantitative estimate of drug-likeness (QED) is 0.567. The molecule has 3 aliphatic rings. The van der Waals surface area contributed by atoms with Gasteiger partial charge in [-0.15, -0.1) is 0 Å². The van der Waals surface area contributed by atoms with E-state index in [0.717, 1.165) is 44.2 Å². The van der Waals surface area contributed by atoms with Crippen molar-refractivity contribution < 1.29 is 24.1 Å². The monoisotopic (exact) mass is 471 g/mol. The minimum Gasteiger partial charge on any atom is -0.507 e. The predicted molar refractivity (Wildman–Crippen MR) is 128 cm³/mol. The number of allylic oxidation sites excluding steroid dienone is 1. The summed E-state index contributed by atoms with van der Waals surface area (Å²) >= 11 is 0. The zero-order valence-electron chi connectivity index (χ0n) is 19.1. The minimum absolute atomic E-state index is 0.137. The molecule has 1 N–H and O–H groups in total. The Labute approximate surface area is 203 Å². The first-order chi connectivity index (χ1) is 17.1. The van der Waals surface area contributed by atoms with Crippen LogP contribution in [-0.2, 0) is 13.1 Å². The van der Waals surface area contributed by atoms with Gasteiger partial charge in [-0.2, -0.15) is 0 Å². The Morgan fingerprint density at radius 2 is 1.74 bits per heavy atom. The molecular weight excluding hydrogens is 446 g/mol. The summed E-state index contributed by atoms with van der Waals surface area (Å²) in [5, 5.41) is 10.6. The highest BCUT2D eigenvalue weighted by Crippen LogP contribution is 2.40. The van der Waals surface area contributed by atoms with Crippen molar-refractivity contribution in [2.45, 2.75) is 13.1 Å². The fourth-order valence-electron chi connectivity index (χ4n) is 4.67. The average molecular weight is 472 g/mol. The largest absolute Gasteiger partial charge is 0.507 e. The molecule has 1 saturated heterocycles. The van der Waals surface area contributed by atoms with Crippen LogP contribution in [0.1, 0.15) is 27.2 Å². The maximum Gasteiger partial charge on any atom is 0.232 e. The lowest BCUT2D eigenvalue weighted by atomic mass is 10.0. The van der Waals surface area contributed by atoms with E-state index in [1.807, 2.05) is 30.3 Å². The molecule has 8 heteroatoms. The van der Waals surface area contributed by atoms with Gasteiger partial charge in [-0.05, 0) is 42.0 Å². The molecule has 2 aromatic carbocycles. The van der Waals surface area contributed by atoms with Crippen LogP contribution in [0.5, 0.6) is 23.0 Å². The van der Waals surface area contributed by atoms with Crippen LogP contribution in [0, 0.1) is 0 Å². The Morgan fingerprint density at radius 3 is 2.54 bits per heavy atom. The third-order valence-electron chi connectivity index (χ3n) is 6.57. The highest BCUT2D eigenvalue weighted by Gasteiger charge is 2.32. The number of ketones is 1. The Balaban J connectivity index is 1.12. The number of phenols is 1. The fourth-order valence-corrected chi connectivity index (χ4v) is 4.67. The first-order valence-corrected chi connectivity index (χ1v) is 11.7. The lowest BCUT2D eigenvalue weighted by Crippen LogP contribution is -2.45. The van der Waals surface area contributed by atoms with Gasteiger partial charge in [0.25, 0.3) is 0 Å². The van der Waals surface area contributed by atoms with Crippen LogP contribution in [0.2, 0.25) is 0 Å². The number of hydrogen-bond donors (Lipinski definition) is 1. The molecule has 0 bridgehead atoms. The molecule has 8 nitrogen and oxygen atoms in total. The van der Waals surface area contributed by atoms with Gasteiger partial charge in [-0.25, -0.2) is 0 Å². The molecular formula is C27H25N3O5. The third-order valence-corrected chi connectivity index (χ3v) is 6.57. The van der Waals surface area contributed by atoms with Gasteiger partial charge in [-0.3, -0.25) is 19.6 Å². The van der Waals surface area contributed by atoms with E-state index in [4.69, 9.17) is 14.2 Å². The summed E-state index contributed by atoms with van der Waals surface area (Å²) in [6, 6.07) is 14.8. The Bertz CT molecular complexity index is 1300. The van der Waals surface area contributed by atoms with E-state index in [9.17, 15) is 9.90 Å². The first-order valence-electron chi connectivity index (χ1n) is 11.7. The van der Waals surface area contributed by atoms with Gasteiger partial charge in [0.2, 0.25) is 12.6 Å². The number of rotatable bonds is 5. The molecule has 1 aromatic heterocycles. The Hall–Kier alpha value is -3.88. The zero-order chi connectivity index (χ0) is 23.8. The van der Waals surface area contributed by atoms with Crippen LogP contribution in [-0.4, -0.2) is 58.6 Å². The van der Waals surface area contributed by atoms with Gasteiger partial charge >= 0.3 is 0 Å². The minimum atomic E-state index is -0.194. The smallest absolute Gasteiger partial charge is 0.232 e. The SMILES string of the molecule is O=C1/C(=C/c2ccccn2)Oc2c1ccc(O)c2CN1CCN(Cc2ccc3c(c2)OCO3)CC1. The van der Waals surface area contributed by atoms with Crippen molar-refractivity contribution in [2.24, 2.45) is 0 Å². The van der Waals surface area contributed by atoms with E-state index < -0.39 is 0 Å². The highest BCUT2D eigenvalue weighted by atomic mass is 16.7. The number of carbonyl (C=O) groups excluding carboxylic acids is 1.